The number of benzene rings is 2. The average Bonchev–Trinajstić information content (AvgIpc) is 2.49. The first-order valence-electron chi connectivity index (χ1n) is 6.80. The van der Waals surface area contributed by atoms with E-state index < -0.39 is 5.97 Å². The molecule has 0 aromatic heterocycles. The van der Waals surface area contributed by atoms with E-state index in [2.05, 4.69) is 18.7 Å². The fraction of sp³-hybridized carbons (Fsp3) is 0.235. The Balaban J connectivity index is 2.21. The van der Waals surface area contributed by atoms with Gasteiger partial charge in [0.15, 0.2) is 6.61 Å². The standard InChI is InChI=1S/C17H18O3S/c1-2-21-11-5-7-13-6-3-9-15-14(13)8-4-10-16(15)20-12-17(18)19/h2-4,6,8-10H,1,5,7,11-12H2,(H,18,19). The summed E-state index contributed by atoms with van der Waals surface area (Å²) in [6.07, 6.45) is 2.07. The first-order valence-corrected chi connectivity index (χ1v) is 7.85. The van der Waals surface area contributed by atoms with Gasteiger partial charge in [0.1, 0.15) is 5.75 Å². The van der Waals surface area contributed by atoms with Gasteiger partial charge in [-0.1, -0.05) is 36.9 Å². The molecule has 0 radical (unpaired) electrons. The molecule has 0 aliphatic carbocycles. The summed E-state index contributed by atoms with van der Waals surface area (Å²) in [6, 6.07) is 11.8. The van der Waals surface area contributed by atoms with Crippen molar-refractivity contribution >= 4 is 28.5 Å². The molecule has 0 unspecified atom stereocenters. The maximum atomic E-state index is 10.6. The van der Waals surface area contributed by atoms with E-state index in [1.54, 1.807) is 11.8 Å². The van der Waals surface area contributed by atoms with Crippen molar-refractivity contribution in [2.24, 2.45) is 0 Å². The number of carboxylic acid groups (broad SMARTS) is 1. The molecule has 2 aromatic carbocycles. The molecule has 1 N–H and O–H groups in total. The Labute approximate surface area is 128 Å². The third-order valence-corrected chi connectivity index (χ3v) is 3.91. The SMILES string of the molecule is C=CSCCCc1cccc2c(OCC(=O)O)cccc12. The Morgan fingerprint density at radius 2 is 2.00 bits per heavy atom. The molecule has 0 bridgehead atoms. The number of rotatable bonds is 8. The first kappa shape index (κ1) is 15.4. The fourth-order valence-corrected chi connectivity index (χ4v) is 2.74. The quantitative estimate of drug-likeness (QED) is 0.745. The normalized spacial score (nSPS) is 10.5. The summed E-state index contributed by atoms with van der Waals surface area (Å²) >= 11 is 1.72. The van der Waals surface area contributed by atoms with Crippen LogP contribution in [0.2, 0.25) is 0 Å². The summed E-state index contributed by atoms with van der Waals surface area (Å²) in [6.45, 7) is 3.38. The second kappa shape index (κ2) is 7.74. The van der Waals surface area contributed by atoms with E-state index in [-0.39, 0.29) is 6.61 Å². The van der Waals surface area contributed by atoms with Gasteiger partial charge in [-0.15, -0.1) is 11.8 Å². The zero-order chi connectivity index (χ0) is 15.1. The second-order valence-corrected chi connectivity index (χ2v) is 5.67. The zero-order valence-electron chi connectivity index (χ0n) is 11.7. The maximum absolute atomic E-state index is 10.6. The first-order chi connectivity index (χ1) is 10.2. The number of fused-ring (bicyclic) bond motifs is 1. The summed E-state index contributed by atoms with van der Waals surface area (Å²) in [4.78, 5) is 10.6. The van der Waals surface area contributed by atoms with Crippen LogP contribution in [0.15, 0.2) is 48.4 Å². The number of aryl methyl sites for hydroxylation is 1. The Morgan fingerprint density at radius 3 is 2.76 bits per heavy atom. The van der Waals surface area contributed by atoms with Crippen molar-refractivity contribution in [3.05, 3.63) is 53.9 Å². The van der Waals surface area contributed by atoms with Crippen LogP contribution in [0.25, 0.3) is 10.8 Å². The Bertz CT molecular complexity index is 637. The lowest BCUT2D eigenvalue weighted by Gasteiger charge is -2.10. The smallest absolute Gasteiger partial charge is 0.341 e. The van der Waals surface area contributed by atoms with E-state index >= 15 is 0 Å². The highest BCUT2D eigenvalue weighted by atomic mass is 32.2. The molecule has 0 amide bonds. The van der Waals surface area contributed by atoms with Gasteiger partial charge in [-0.05, 0) is 41.0 Å². The monoisotopic (exact) mass is 302 g/mol. The van der Waals surface area contributed by atoms with Crippen molar-refractivity contribution in [3.8, 4) is 5.75 Å². The molecule has 0 fully saturated rings. The van der Waals surface area contributed by atoms with Gasteiger partial charge in [-0.2, -0.15) is 0 Å². The lowest BCUT2D eigenvalue weighted by Crippen LogP contribution is -2.09. The van der Waals surface area contributed by atoms with Gasteiger partial charge >= 0.3 is 5.97 Å². The summed E-state index contributed by atoms with van der Waals surface area (Å²) in [5.74, 6) is 0.705. The van der Waals surface area contributed by atoms with Crippen molar-refractivity contribution in [2.75, 3.05) is 12.4 Å². The van der Waals surface area contributed by atoms with Crippen LogP contribution in [0.3, 0.4) is 0 Å². The highest BCUT2D eigenvalue weighted by Crippen LogP contribution is 2.28. The predicted molar refractivity (Wildman–Crippen MR) is 88.1 cm³/mol. The lowest BCUT2D eigenvalue weighted by molar-refractivity contribution is -0.139. The minimum atomic E-state index is -0.968. The molecule has 0 spiro atoms. The van der Waals surface area contributed by atoms with Crippen LogP contribution in [0.4, 0.5) is 0 Å². The van der Waals surface area contributed by atoms with Gasteiger partial charge in [-0.3, -0.25) is 0 Å². The highest BCUT2D eigenvalue weighted by Gasteiger charge is 2.07. The molecule has 0 heterocycles. The Morgan fingerprint density at radius 1 is 1.24 bits per heavy atom. The van der Waals surface area contributed by atoms with Gasteiger partial charge in [0.25, 0.3) is 0 Å². The molecule has 3 nitrogen and oxygen atoms in total. The topological polar surface area (TPSA) is 46.5 Å². The number of thioether (sulfide) groups is 1. The Kier molecular flexibility index (Phi) is 5.69. The number of carboxylic acids is 1. The van der Waals surface area contributed by atoms with Gasteiger partial charge in [-0.25, -0.2) is 4.79 Å². The highest BCUT2D eigenvalue weighted by molar-refractivity contribution is 8.02. The molecule has 2 aromatic rings. The molecule has 2 rings (SSSR count). The molecule has 4 heteroatoms. The van der Waals surface area contributed by atoms with Crippen molar-refractivity contribution in [1.82, 2.24) is 0 Å². The van der Waals surface area contributed by atoms with Crippen LogP contribution in [0.5, 0.6) is 5.75 Å². The van der Waals surface area contributed by atoms with Crippen LogP contribution >= 0.6 is 11.8 Å². The zero-order valence-corrected chi connectivity index (χ0v) is 12.6. The number of hydrogen-bond acceptors (Lipinski definition) is 3. The summed E-state index contributed by atoms with van der Waals surface area (Å²) in [7, 11) is 0. The molecular weight excluding hydrogens is 284 g/mol. The van der Waals surface area contributed by atoms with E-state index in [9.17, 15) is 4.79 Å². The van der Waals surface area contributed by atoms with Gasteiger partial charge in [0.2, 0.25) is 0 Å². The van der Waals surface area contributed by atoms with E-state index in [0.29, 0.717) is 5.75 Å². The van der Waals surface area contributed by atoms with E-state index in [1.807, 2.05) is 29.7 Å². The average molecular weight is 302 g/mol. The van der Waals surface area contributed by atoms with Gasteiger partial charge < -0.3 is 9.84 Å². The molecule has 0 saturated heterocycles. The molecule has 0 aliphatic heterocycles. The predicted octanol–water partition coefficient (Wildman–Crippen LogP) is 4.11. The van der Waals surface area contributed by atoms with Crippen LogP contribution in [0.1, 0.15) is 12.0 Å². The second-order valence-electron chi connectivity index (χ2n) is 4.59. The van der Waals surface area contributed by atoms with E-state index in [0.717, 1.165) is 29.4 Å². The molecule has 110 valence electrons. The van der Waals surface area contributed by atoms with Crippen LogP contribution in [-0.2, 0) is 11.2 Å². The molecule has 21 heavy (non-hydrogen) atoms. The number of aliphatic carboxylic acids is 1. The summed E-state index contributed by atoms with van der Waals surface area (Å²) < 4.78 is 5.36. The van der Waals surface area contributed by atoms with Gasteiger partial charge in [0, 0.05) is 5.39 Å². The van der Waals surface area contributed by atoms with E-state index in [4.69, 9.17) is 9.84 Å². The lowest BCUT2D eigenvalue weighted by atomic mass is 10.0. The third-order valence-electron chi connectivity index (χ3n) is 3.15. The van der Waals surface area contributed by atoms with Crippen LogP contribution in [0, 0.1) is 0 Å². The van der Waals surface area contributed by atoms with Crippen molar-refractivity contribution < 1.29 is 14.6 Å². The van der Waals surface area contributed by atoms with Crippen LogP contribution < -0.4 is 4.74 Å². The minimum Gasteiger partial charge on any atom is -0.481 e. The minimum absolute atomic E-state index is 0.320. The Hall–Kier alpha value is -1.94. The van der Waals surface area contributed by atoms with Crippen molar-refractivity contribution in [1.29, 1.82) is 0 Å². The summed E-state index contributed by atoms with van der Waals surface area (Å²) in [5.41, 5.74) is 1.26. The van der Waals surface area contributed by atoms with Gasteiger partial charge in [0.05, 0.1) is 0 Å². The number of hydrogen-bond donors (Lipinski definition) is 1. The summed E-state index contributed by atoms with van der Waals surface area (Å²) in [5, 5.41) is 12.7. The molecule has 0 atom stereocenters. The number of carbonyl (C=O) groups is 1. The fourth-order valence-electron chi connectivity index (χ4n) is 2.26. The molecule has 0 saturated carbocycles. The molecule has 0 aliphatic rings. The van der Waals surface area contributed by atoms with E-state index in [1.165, 1.54) is 5.56 Å². The van der Waals surface area contributed by atoms with Crippen molar-refractivity contribution in [2.45, 2.75) is 12.8 Å². The third kappa shape index (κ3) is 4.26. The van der Waals surface area contributed by atoms with Crippen LogP contribution in [-0.4, -0.2) is 23.4 Å². The largest absolute Gasteiger partial charge is 0.481 e. The van der Waals surface area contributed by atoms with Crippen molar-refractivity contribution in [3.63, 3.8) is 0 Å². The maximum Gasteiger partial charge on any atom is 0.341 e. The molecular formula is C17H18O3S. The number of ether oxygens (including phenoxy) is 1.